The molecule has 1 heterocycles. The molecule has 3 rings (SSSR count). The van der Waals surface area contributed by atoms with E-state index in [-0.39, 0.29) is 10.8 Å². The van der Waals surface area contributed by atoms with Gasteiger partial charge in [-0.1, -0.05) is 18.2 Å². The number of fused-ring (bicyclic) bond motifs is 1. The standard InChI is InChI=1S/C20H24N2O4S/c1-13-7-6-8-14(2)19(13)21-27(24,25)16-9-10-18-17(11-16)22(15(3)23)12-20(4,5)26-18/h6-11,21H,12H2,1-5H3. The van der Waals surface area contributed by atoms with Crippen molar-refractivity contribution >= 4 is 27.3 Å². The molecule has 0 aromatic heterocycles. The van der Waals surface area contributed by atoms with Gasteiger partial charge in [0.1, 0.15) is 11.4 Å². The van der Waals surface area contributed by atoms with Crippen molar-refractivity contribution in [3.63, 3.8) is 0 Å². The van der Waals surface area contributed by atoms with Gasteiger partial charge < -0.3 is 9.64 Å². The Morgan fingerprint density at radius 1 is 1.15 bits per heavy atom. The number of hydrogen-bond donors (Lipinski definition) is 1. The number of carbonyl (C=O) groups excluding carboxylic acids is 1. The molecule has 0 saturated heterocycles. The van der Waals surface area contributed by atoms with Crippen molar-refractivity contribution < 1.29 is 17.9 Å². The molecule has 1 aliphatic rings. The number of benzene rings is 2. The Labute approximate surface area is 160 Å². The van der Waals surface area contributed by atoms with Crippen LogP contribution < -0.4 is 14.4 Å². The highest BCUT2D eigenvalue weighted by Crippen LogP contribution is 2.39. The third-order valence-electron chi connectivity index (χ3n) is 4.55. The second kappa shape index (κ2) is 6.56. The zero-order valence-corrected chi connectivity index (χ0v) is 17.0. The Morgan fingerprint density at radius 2 is 1.78 bits per heavy atom. The van der Waals surface area contributed by atoms with E-state index in [1.165, 1.54) is 19.1 Å². The summed E-state index contributed by atoms with van der Waals surface area (Å²) < 4.78 is 34.5. The molecule has 2 aromatic rings. The summed E-state index contributed by atoms with van der Waals surface area (Å²) in [5, 5.41) is 0. The Bertz CT molecular complexity index is 992. The Kier molecular flexibility index (Phi) is 4.67. The van der Waals surface area contributed by atoms with Gasteiger partial charge in [0.15, 0.2) is 0 Å². The highest BCUT2D eigenvalue weighted by molar-refractivity contribution is 7.92. The molecular weight excluding hydrogens is 364 g/mol. The van der Waals surface area contributed by atoms with Crippen LogP contribution in [0.2, 0.25) is 0 Å². The van der Waals surface area contributed by atoms with Crippen LogP contribution in [0, 0.1) is 13.8 Å². The van der Waals surface area contributed by atoms with Gasteiger partial charge in [0.2, 0.25) is 5.91 Å². The van der Waals surface area contributed by atoms with Gasteiger partial charge in [-0.05, 0) is 57.0 Å². The summed E-state index contributed by atoms with van der Waals surface area (Å²) in [5.74, 6) is 0.331. The van der Waals surface area contributed by atoms with Crippen molar-refractivity contribution in [1.82, 2.24) is 0 Å². The molecule has 0 spiro atoms. The second-order valence-corrected chi connectivity index (χ2v) is 9.15. The first-order valence-electron chi connectivity index (χ1n) is 8.70. The van der Waals surface area contributed by atoms with E-state index in [1.807, 2.05) is 45.9 Å². The molecule has 7 heteroatoms. The van der Waals surface area contributed by atoms with Gasteiger partial charge in [-0.15, -0.1) is 0 Å². The summed E-state index contributed by atoms with van der Waals surface area (Å²) in [6.07, 6.45) is 0. The van der Waals surface area contributed by atoms with Crippen LogP contribution in [0.4, 0.5) is 11.4 Å². The maximum Gasteiger partial charge on any atom is 0.261 e. The van der Waals surface area contributed by atoms with Gasteiger partial charge in [0.05, 0.1) is 22.8 Å². The zero-order valence-electron chi connectivity index (χ0n) is 16.2. The smallest absolute Gasteiger partial charge is 0.261 e. The van der Waals surface area contributed by atoms with Crippen molar-refractivity contribution in [1.29, 1.82) is 0 Å². The normalized spacial score (nSPS) is 15.7. The number of nitrogens with one attached hydrogen (secondary N) is 1. The molecular formula is C20H24N2O4S. The summed E-state index contributed by atoms with van der Waals surface area (Å²) in [5.41, 5.74) is 2.16. The summed E-state index contributed by atoms with van der Waals surface area (Å²) in [4.78, 5) is 13.7. The van der Waals surface area contributed by atoms with Crippen LogP contribution in [-0.2, 0) is 14.8 Å². The van der Waals surface area contributed by atoms with Crippen molar-refractivity contribution in [3.05, 3.63) is 47.5 Å². The number of ether oxygens (including phenoxy) is 1. The minimum Gasteiger partial charge on any atom is -0.484 e. The molecule has 0 radical (unpaired) electrons. The fourth-order valence-corrected chi connectivity index (χ4v) is 4.43. The SMILES string of the molecule is CC(=O)N1CC(C)(C)Oc2ccc(S(=O)(=O)Nc3c(C)cccc3C)cc21. The summed E-state index contributed by atoms with van der Waals surface area (Å²) in [6.45, 7) is 9.29. The molecule has 1 amide bonds. The lowest BCUT2D eigenvalue weighted by molar-refractivity contribution is -0.117. The molecule has 27 heavy (non-hydrogen) atoms. The first-order chi connectivity index (χ1) is 12.5. The first-order valence-corrected chi connectivity index (χ1v) is 10.2. The molecule has 0 atom stereocenters. The Hall–Kier alpha value is -2.54. The monoisotopic (exact) mass is 388 g/mol. The van der Waals surface area contributed by atoms with E-state index in [4.69, 9.17) is 4.74 Å². The quantitative estimate of drug-likeness (QED) is 0.871. The molecule has 0 unspecified atom stereocenters. The van der Waals surface area contributed by atoms with Gasteiger partial charge in [-0.3, -0.25) is 9.52 Å². The van der Waals surface area contributed by atoms with E-state index in [0.29, 0.717) is 23.7 Å². The molecule has 1 N–H and O–H groups in total. The van der Waals surface area contributed by atoms with Crippen LogP contribution >= 0.6 is 0 Å². The fourth-order valence-electron chi connectivity index (χ4n) is 3.21. The Balaban J connectivity index is 2.03. The summed E-state index contributed by atoms with van der Waals surface area (Å²) in [7, 11) is -3.81. The van der Waals surface area contributed by atoms with Crippen molar-refractivity contribution in [2.24, 2.45) is 0 Å². The van der Waals surface area contributed by atoms with Crippen molar-refractivity contribution in [3.8, 4) is 5.75 Å². The third kappa shape index (κ3) is 3.78. The number of rotatable bonds is 3. The number of hydrogen-bond acceptors (Lipinski definition) is 4. The molecule has 0 fully saturated rings. The van der Waals surface area contributed by atoms with Crippen LogP contribution in [0.5, 0.6) is 5.75 Å². The number of para-hydroxylation sites is 1. The minimum atomic E-state index is -3.81. The van der Waals surface area contributed by atoms with Crippen LogP contribution in [0.25, 0.3) is 0 Å². The van der Waals surface area contributed by atoms with E-state index in [1.54, 1.807) is 11.0 Å². The topological polar surface area (TPSA) is 75.7 Å². The van der Waals surface area contributed by atoms with E-state index in [2.05, 4.69) is 4.72 Å². The van der Waals surface area contributed by atoms with Crippen molar-refractivity contribution in [2.75, 3.05) is 16.2 Å². The number of nitrogens with zero attached hydrogens (tertiary/aromatic N) is 1. The molecule has 0 bridgehead atoms. The lowest BCUT2D eigenvalue weighted by Gasteiger charge is -2.39. The highest BCUT2D eigenvalue weighted by Gasteiger charge is 2.34. The van der Waals surface area contributed by atoms with Gasteiger partial charge >= 0.3 is 0 Å². The maximum absolute atomic E-state index is 12.9. The van der Waals surface area contributed by atoms with Crippen molar-refractivity contribution in [2.45, 2.75) is 45.1 Å². The fraction of sp³-hybridized carbons (Fsp3) is 0.350. The molecule has 0 saturated carbocycles. The Morgan fingerprint density at radius 3 is 2.37 bits per heavy atom. The van der Waals surface area contributed by atoms with Crippen LogP contribution in [0.1, 0.15) is 31.9 Å². The predicted molar refractivity (Wildman–Crippen MR) is 106 cm³/mol. The van der Waals surface area contributed by atoms with E-state index < -0.39 is 15.6 Å². The average molecular weight is 388 g/mol. The molecule has 1 aliphatic heterocycles. The molecule has 144 valence electrons. The number of anilines is 2. The first kappa shape index (κ1) is 19.2. The number of aryl methyl sites for hydroxylation is 2. The van der Waals surface area contributed by atoms with E-state index in [0.717, 1.165) is 11.1 Å². The minimum absolute atomic E-state index is 0.0819. The van der Waals surface area contributed by atoms with Gasteiger partial charge in [-0.2, -0.15) is 0 Å². The molecule has 0 aliphatic carbocycles. The summed E-state index contributed by atoms with van der Waals surface area (Å²) in [6, 6.07) is 10.2. The van der Waals surface area contributed by atoms with Gasteiger partial charge in [-0.25, -0.2) is 8.42 Å². The van der Waals surface area contributed by atoms with Crippen LogP contribution in [-0.4, -0.2) is 26.5 Å². The molecule has 2 aromatic carbocycles. The van der Waals surface area contributed by atoms with E-state index >= 15 is 0 Å². The third-order valence-corrected chi connectivity index (χ3v) is 5.90. The van der Waals surface area contributed by atoms with Gasteiger partial charge in [0, 0.05) is 6.92 Å². The summed E-state index contributed by atoms with van der Waals surface area (Å²) >= 11 is 0. The van der Waals surface area contributed by atoms with Gasteiger partial charge in [0.25, 0.3) is 10.0 Å². The number of amides is 1. The molecule has 6 nitrogen and oxygen atoms in total. The lowest BCUT2D eigenvalue weighted by Crippen LogP contribution is -2.48. The number of sulfonamides is 1. The zero-order chi connectivity index (χ0) is 20.0. The van der Waals surface area contributed by atoms with Crippen LogP contribution in [0.3, 0.4) is 0 Å². The van der Waals surface area contributed by atoms with Crippen LogP contribution in [0.15, 0.2) is 41.3 Å². The lowest BCUT2D eigenvalue weighted by atomic mass is 10.1. The largest absolute Gasteiger partial charge is 0.484 e. The maximum atomic E-state index is 12.9. The highest BCUT2D eigenvalue weighted by atomic mass is 32.2. The number of carbonyl (C=O) groups is 1. The predicted octanol–water partition coefficient (Wildman–Crippen LogP) is 3.63. The average Bonchev–Trinajstić information content (AvgIpc) is 2.56. The van der Waals surface area contributed by atoms with E-state index in [9.17, 15) is 13.2 Å². The second-order valence-electron chi connectivity index (χ2n) is 7.47.